The van der Waals surface area contributed by atoms with Gasteiger partial charge < -0.3 is 0 Å². The first-order valence-corrected chi connectivity index (χ1v) is 4.16. The molecule has 1 aromatic heterocycles. The first-order chi connectivity index (χ1) is 5.27. The Bertz CT molecular complexity index is 248. The van der Waals surface area contributed by atoms with Crippen molar-refractivity contribution in [1.29, 1.82) is 0 Å². The Balaban J connectivity index is 3.06. The van der Waals surface area contributed by atoms with Gasteiger partial charge in [-0.3, -0.25) is 4.98 Å². The molecule has 60 valence electrons. The van der Waals surface area contributed by atoms with Crippen molar-refractivity contribution in [3.8, 4) is 0 Å². The predicted octanol–water partition coefficient (Wildman–Crippen LogP) is 2.25. The van der Waals surface area contributed by atoms with E-state index in [1.54, 1.807) is 6.20 Å². The minimum Gasteiger partial charge on any atom is -0.256 e. The highest BCUT2D eigenvalue weighted by Gasteiger charge is 2.01. The van der Waals surface area contributed by atoms with Crippen LogP contribution in [0, 0.1) is 0 Å². The third-order valence-electron chi connectivity index (χ3n) is 1.57. The number of aryl methyl sites for hydroxylation is 2. The fourth-order valence-corrected chi connectivity index (χ4v) is 1.16. The second kappa shape index (κ2) is 3.67. The summed E-state index contributed by atoms with van der Waals surface area (Å²) < 4.78 is 0. The van der Waals surface area contributed by atoms with Crippen molar-refractivity contribution in [3.05, 3.63) is 22.7 Å². The van der Waals surface area contributed by atoms with Crippen LogP contribution in [-0.2, 0) is 12.8 Å². The molecule has 11 heavy (non-hydrogen) atoms. The Morgan fingerprint density at radius 1 is 1.27 bits per heavy atom. The van der Waals surface area contributed by atoms with E-state index in [1.165, 1.54) is 0 Å². The smallest absolute Gasteiger partial charge is 0.147 e. The molecule has 0 aliphatic rings. The number of halogens is 1. The highest BCUT2D eigenvalue weighted by Crippen LogP contribution is 2.08. The number of aromatic nitrogens is 2. The largest absolute Gasteiger partial charge is 0.256 e. The summed E-state index contributed by atoms with van der Waals surface area (Å²) in [6.45, 7) is 4.12. The molecule has 0 saturated carbocycles. The monoisotopic (exact) mass is 170 g/mol. The second-order valence-electron chi connectivity index (χ2n) is 2.29. The molecule has 1 heterocycles. The van der Waals surface area contributed by atoms with Gasteiger partial charge in [0.25, 0.3) is 0 Å². The molecule has 0 spiro atoms. The van der Waals surface area contributed by atoms with Crippen LogP contribution in [0.15, 0.2) is 6.20 Å². The van der Waals surface area contributed by atoms with Crippen LogP contribution < -0.4 is 0 Å². The van der Waals surface area contributed by atoms with Crippen LogP contribution in [0.5, 0.6) is 0 Å². The van der Waals surface area contributed by atoms with E-state index in [2.05, 4.69) is 23.8 Å². The van der Waals surface area contributed by atoms with E-state index in [1.807, 2.05) is 0 Å². The highest BCUT2D eigenvalue weighted by molar-refractivity contribution is 6.29. The summed E-state index contributed by atoms with van der Waals surface area (Å²) in [5, 5.41) is 0.485. The molecule has 0 amide bonds. The Morgan fingerprint density at radius 3 is 2.45 bits per heavy atom. The van der Waals surface area contributed by atoms with Gasteiger partial charge in [-0.15, -0.1) is 0 Å². The second-order valence-corrected chi connectivity index (χ2v) is 2.68. The molecule has 1 rings (SSSR count). The zero-order valence-electron chi connectivity index (χ0n) is 6.76. The van der Waals surface area contributed by atoms with E-state index in [0.717, 1.165) is 24.2 Å². The van der Waals surface area contributed by atoms with Gasteiger partial charge in [0, 0.05) is 0 Å². The van der Waals surface area contributed by atoms with Crippen LogP contribution in [-0.4, -0.2) is 9.97 Å². The van der Waals surface area contributed by atoms with Gasteiger partial charge in [0.15, 0.2) is 0 Å². The summed E-state index contributed by atoms with van der Waals surface area (Å²) in [6.07, 6.45) is 3.42. The lowest BCUT2D eigenvalue weighted by atomic mass is 10.2. The number of hydrogen-bond acceptors (Lipinski definition) is 2. The average molecular weight is 171 g/mol. The van der Waals surface area contributed by atoms with E-state index >= 15 is 0 Å². The minimum absolute atomic E-state index is 0.485. The van der Waals surface area contributed by atoms with Gasteiger partial charge in [-0.1, -0.05) is 25.4 Å². The van der Waals surface area contributed by atoms with Gasteiger partial charge in [-0.2, -0.15) is 0 Å². The van der Waals surface area contributed by atoms with Crippen LogP contribution in [0.3, 0.4) is 0 Å². The maximum Gasteiger partial charge on any atom is 0.147 e. The third kappa shape index (κ3) is 1.90. The topological polar surface area (TPSA) is 25.8 Å². The molecule has 0 atom stereocenters. The van der Waals surface area contributed by atoms with E-state index in [0.29, 0.717) is 5.15 Å². The zero-order chi connectivity index (χ0) is 8.27. The zero-order valence-corrected chi connectivity index (χ0v) is 7.52. The normalized spacial score (nSPS) is 10.1. The number of rotatable bonds is 2. The molecule has 0 aliphatic heterocycles. The summed E-state index contributed by atoms with van der Waals surface area (Å²) in [6, 6.07) is 0. The van der Waals surface area contributed by atoms with E-state index < -0.39 is 0 Å². The summed E-state index contributed by atoms with van der Waals surface area (Å²) >= 11 is 5.68. The molecule has 0 aliphatic carbocycles. The summed E-state index contributed by atoms with van der Waals surface area (Å²) in [5.74, 6) is 0. The van der Waals surface area contributed by atoms with Gasteiger partial charge in [0.05, 0.1) is 17.6 Å². The van der Waals surface area contributed by atoms with Crippen molar-refractivity contribution in [3.63, 3.8) is 0 Å². The summed E-state index contributed by atoms with van der Waals surface area (Å²) in [7, 11) is 0. The standard InChI is InChI=1S/C8H11ClN2/c1-3-6-7(4-2)11-8(9)5-10-6/h5H,3-4H2,1-2H3. The van der Waals surface area contributed by atoms with Gasteiger partial charge >= 0.3 is 0 Å². The van der Waals surface area contributed by atoms with Crippen LogP contribution in [0.25, 0.3) is 0 Å². The predicted molar refractivity (Wildman–Crippen MR) is 45.8 cm³/mol. The van der Waals surface area contributed by atoms with Crippen LogP contribution in [0.4, 0.5) is 0 Å². The lowest BCUT2D eigenvalue weighted by molar-refractivity contribution is 0.904. The maximum atomic E-state index is 5.68. The molecule has 0 fully saturated rings. The molecule has 0 radical (unpaired) electrons. The lowest BCUT2D eigenvalue weighted by Crippen LogP contribution is -1.98. The van der Waals surface area contributed by atoms with Crippen molar-refractivity contribution in [2.75, 3.05) is 0 Å². The first-order valence-electron chi connectivity index (χ1n) is 3.78. The summed E-state index contributed by atoms with van der Waals surface area (Å²) in [4.78, 5) is 8.34. The van der Waals surface area contributed by atoms with Gasteiger partial charge in [-0.25, -0.2) is 4.98 Å². The fraction of sp³-hybridized carbons (Fsp3) is 0.500. The van der Waals surface area contributed by atoms with Crippen molar-refractivity contribution in [1.82, 2.24) is 9.97 Å². The van der Waals surface area contributed by atoms with Crippen LogP contribution in [0.1, 0.15) is 25.2 Å². The molecule has 2 nitrogen and oxygen atoms in total. The first kappa shape index (κ1) is 8.47. The van der Waals surface area contributed by atoms with E-state index in [-0.39, 0.29) is 0 Å². The molecule has 0 saturated heterocycles. The third-order valence-corrected chi connectivity index (χ3v) is 1.75. The Labute approximate surface area is 71.6 Å². The van der Waals surface area contributed by atoms with Crippen LogP contribution in [0.2, 0.25) is 5.15 Å². The molecule has 0 aromatic carbocycles. The molecular weight excluding hydrogens is 160 g/mol. The van der Waals surface area contributed by atoms with Crippen LogP contribution >= 0.6 is 11.6 Å². The van der Waals surface area contributed by atoms with Crippen molar-refractivity contribution in [2.45, 2.75) is 26.7 Å². The Kier molecular flexibility index (Phi) is 2.83. The molecular formula is C8H11ClN2. The number of hydrogen-bond donors (Lipinski definition) is 0. The SMILES string of the molecule is CCc1ncc(Cl)nc1CC. The minimum atomic E-state index is 0.485. The van der Waals surface area contributed by atoms with Crippen molar-refractivity contribution < 1.29 is 0 Å². The fourth-order valence-electron chi connectivity index (χ4n) is 1.01. The maximum absolute atomic E-state index is 5.68. The quantitative estimate of drug-likeness (QED) is 0.681. The van der Waals surface area contributed by atoms with E-state index in [4.69, 9.17) is 11.6 Å². The lowest BCUT2D eigenvalue weighted by Gasteiger charge is -2.02. The molecule has 1 aromatic rings. The molecule has 0 bridgehead atoms. The highest BCUT2D eigenvalue weighted by atomic mass is 35.5. The number of nitrogens with zero attached hydrogens (tertiary/aromatic N) is 2. The van der Waals surface area contributed by atoms with E-state index in [9.17, 15) is 0 Å². The summed E-state index contributed by atoms with van der Waals surface area (Å²) in [5.41, 5.74) is 2.07. The average Bonchev–Trinajstić information content (AvgIpc) is 2.04. The Morgan fingerprint density at radius 2 is 1.91 bits per heavy atom. The Hall–Kier alpha value is -0.630. The molecule has 0 unspecified atom stereocenters. The van der Waals surface area contributed by atoms with Gasteiger partial charge in [-0.05, 0) is 12.8 Å². The van der Waals surface area contributed by atoms with Gasteiger partial charge in [0.2, 0.25) is 0 Å². The van der Waals surface area contributed by atoms with Crippen molar-refractivity contribution >= 4 is 11.6 Å². The van der Waals surface area contributed by atoms with Gasteiger partial charge in [0.1, 0.15) is 5.15 Å². The molecule has 0 N–H and O–H groups in total. The molecule has 3 heteroatoms. The van der Waals surface area contributed by atoms with Crippen molar-refractivity contribution in [2.24, 2.45) is 0 Å².